The molecule has 1 aliphatic rings. The molecule has 0 aromatic carbocycles. The third kappa shape index (κ3) is 1.23. The van der Waals surface area contributed by atoms with Crippen molar-refractivity contribution >= 4 is 5.97 Å². The Labute approximate surface area is 82.2 Å². The molecule has 1 N–H and O–H groups in total. The van der Waals surface area contributed by atoms with E-state index in [0.717, 1.165) is 19.4 Å². The fourth-order valence-corrected chi connectivity index (χ4v) is 1.92. The summed E-state index contributed by atoms with van der Waals surface area (Å²) in [6.07, 6.45) is 3.25. The highest BCUT2D eigenvalue weighted by Gasteiger charge is 2.46. The van der Waals surface area contributed by atoms with Gasteiger partial charge in [0.05, 0.1) is 13.4 Å². The Morgan fingerprint density at radius 2 is 2.57 bits per heavy atom. The second-order valence-corrected chi connectivity index (χ2v) is 3.40. The van der Waals surface area contributed by atoms with E-state index in [0.29, 0.717) is 5.76 Å². The van der Waals surface area contributed by atoms with Crippen molar-refractivity contribution in [3.63, 3.8) is 0 Å². The molecule has 1 fully saturated rings. The minimum absolute atomic E-state index is 0.273. The number of rotatable bonds is 2. The van der Waals surface area contributed by atoms with Crippen LogP contribution in [0.1, 0.15) is 18.6 Å². The van der Waals surface area contributed by atoms with Crippen molar-refractivity contribution in [3.05, 3.63) is 24.2 Å². The van der Waals surface area contributed by atoms with Gasteiger partial charge in [-0.15, -0.1) is 0 Å². The largest absolute Gasteiger partial charge is 0.467 e. The normalized spacial score (nSPS) is 26.4. The van der Waals surface area contributed by atoms with Gasteiger partial charge in [-0.3, -0.25) is 5.32 Å². The standard InChI is InChI=1S/C10H13NO3/c1-13-9(12)10(5-3-6-11-10)8-4-2-7-14-8/h2,4,7,11H,3,5-6H2,1H3. The number of ether oxygens (including phenoxy) is 1. The first-order valence-electron chi connectivity index (χ1n) is 4.67. The number of methoxy groups -OCH3 is 1. The fourth-order valence-electron chi connectivity index (χ4n) is 1.92. The molecule has 1 aromatic rings. The Morgan fingerprint density at radius 1 is 1.71 bits per heavy atom. The smallest absolute Gasteiger partial charge is 0.334 e. The zero-order valence-corrected chi connectivity index (χ0v) is 8.08. The lowest BCUT2D eigenvalue weighted by Gasteiger charge is -2.23. The Bertz CT molecular complexity index is 312. The maximum atomic E-state index is 11.7. The van der Waals surface area contributed by atoms with Crippen molar-refractivity contribution in [2.45, 2.75) is 18.4 Å². The van der Waals surface area contributed by atoms with Crippen LogP contribution in [-0.2, 0) is 15.1 Å². The first-order chi connectivity index (χ1) is 6.79. The van der Waals surface area contributed by atoms with E-state index in [4.69, 9.17) is 9.15 Å². The van der Waals surface area contributed by atoms with Crippen molar-refractivity contribution in [3.8, 4) is 0 Å². The Kier molecular flexibility index (Phi) is 2.29. The number of esters is 1. The number of hydrogen-bond donors (Lipinski definition) is 1. The maximum Gasteiger partial charge on any atom is 0.334 e. The highest BCUT2D eigenvalue weighted by molar-refractivity contribution is 5.82. The third-order valence-electron chi connectivity index (χ3n) is 2.63. The average molecular weight is 195 g/mol. The molecule has 76 valence electrons. The molecule has 1 aliphatic heterocycles. The molecule has 0 saturated carbocycles. The van der Waals surface area contributed by atoms with Crippen LogP contribution in [0, 0.1) is 0 Å². The Morgan fingerprint density at radius 3 is 3.07 bits per heavy atom. The van der Waals surface area contributed by atoms with Gasteiger partial charge in [-0.05, 0) is 31.5 Å². The van der Waals surface area contributed by atoms with Gasteiger partial charge in [0.25, 0.3) is 0 Å². The minimum Gasteiger partial charge on any atom is -0.467 e. The van der Waals surface area contributed by atoms with Crippen molar-refractivity contribution in [2.75, 3.05) is 13.7 Å². The van der Waals surface area contributed by atoms with Gasteiger partial charge in [0.2, 0.25) is 0 Å². The molecule has 0 bridgehead atoms. The summed E-state index contributed by atoms with van der Waals surface area (Å²) in [7, 11) is 1.40. The maximum absolute atomic E-state index is 11.7. The van der Waals surface area contributed by atoms with Gasteiger partial charge >= 0.3 is 5.97 Å². The average Bonchev–Trinajstić information content (AvgIpc) is 2.86. The second kappa shape index (κ2) is 3.46. The van der Waals surface area contributed by atoms with E-state index in [2.05, 4.69) is 5.32 Å². The molecule has 0 radical (unpaired) electrons. The Balaban J connectivity index is 2.36. The zero-order valence-electron chi connectivity index (χ0n) is 8.08. The number of furan rings is 1. The summed E-state index contributed by atoms with van der Waals surface area (Å²) in [5, 5.41) is 3.15. The van der Waals surface area contributed by atoms with Crippen molar-refractivity contribution < 1.29 is 13.9 Å². The highest BCUT2D eigenvalue weighted by atomic mass is 16.5. The first-order valence-corrected chi connectivity index (χ1v) is 4.67. The number of nitrogens with one attached hydrogen (secondary N) is 1. The van der Waals surface area contributed by atoms with Crippen LogP contribution < -0.4 is 5.32 Å². The molecule has 14 heavy (non-hydrogen) atoms. The van der Waals surface area contributed by atoms with Gasteiger partial charge in [-0.2, -0.15) is 0 Å². The lowest BCUT2D eigenvalue weighted by molar-refractivity contribution is -0.149. The van der Waals surface area contributed by atoms with Crippen LogP contribution in [0.2, 0.25) is 0 Å². The number of carbonyl (C=O) groups excluding carboxylic acids is 1. The van der Waals surface area contributed by atoms with E-state index in [1.807, 2.05) is 0 Å². The molecule has 1 atom stereocenters. The summed E-state index contributed by atoms with van der Waals surface area (Å²) in [6, 6.07) is 3.58. The predicted octanol–water partition coefficient (Wildman–Crippen LogP) is 1.03. The van der Waals surface area contributed by atoms with Crippen LogP contribution in [0.25, 0.3) is 0 Å². The van der Waals surface area contributed by atoms with E-state index in [1.165, 1.54) is 7.11 Å². The van der Waals surface area contributed by atoms with Crippen molar-refractivity contribution in [2.24, 2.45) is 0 Å². The molecule has 4 heteroatoms. The lowest BCUT2D eigenvalue weighted by atomic mass is 9.94. The van der Waals surface area contributed by atoms with Crippen molar-refractivity contribution in [1.29, 1.82) is 0 Å². The van der Waals surface area contributed by atoms with Crippen LogP contribution in [0.15, 0.2) is 22.8 Å². The van der Waals surface area contributed by atoms with Crippen molar-refractivity contribution in [1.82, 2.24) is 5.32 Å². The zero-order chi connectivity index (χ0) is 10.0. The third-order valence-corrected chi connectivity index (χ3v) is 2.63. The van der Waals surface area contributed by atoms with E-state index in [-0.39, 0.29) is 5.97 Å². The van der Waals surface area contributed by atoms with Crippen LogP contribution in [-0.4, -0.2) is 19.6 Å². The SMILES string of the molecule is COC(=O)C1(c2ccco2)CCCN1. The van der Waals surface area contributed by atoms with Gasteiger partial charge in [0.15, 0.2) is 5.54 Å². The monoisotopic (exact) mass is 195 g/mol. The molecule has 2 heterocycles. The summed E-state index contributed by atoms with van der Waals surface area (Å²) in [5.41, 5.74) is -0.752. The number of hydrogen-bond acceptors (Lipinski definition) is 4. The van der Waals surface area contributed by atoms with Crippen LogP contribution in [0.4, 0.5) is 0 Å². The Hall–Kier alpha value is -1.29. The van der Waals surface area contributed by atoms with Gasteiger partial charge in [-0.1, -0.05) is 0 Å². The summed E-state index contributed by atoms with van der Waals surface area (Å²) >= 11 is 0. The molecule has 1 saturated heterocycles. The van der Waals surface area contributed by atoms with Crippen LogP contribution >= 0.6 is 0 Å². The molecule has 2 rings (SSSR count). The summed E-state index contributed by atoms with van der Waals surface area (Å²) in [6.45, 7) is 0.815. The predicted molar refractivity (Wildman–Crippen MR) is 49.6 cm³/mol. The first kappa shape index (κ1) is 9.27. The summed E-state index contributed by atoms with van der Waals surface area (Å²) in [4.78, 5) is 11.7. The molecule has 0 aliphatic carbocycles. The van der Waals surface area contributed by atoms with Gasteiger partial charge in [0, 0.05) is 0 Å². The van der Waals surface area contributed by atoms with Gasteiger partial charge < -0.3 is 9.15 Å². The van der Waals surface area contributed by atoms with Gasteiger partial charge in [0.1, 0.15) is 5.76 Å². The number of carbonyl (C=O) groups is 1. The molecule has 0 spiro atoms. The van der Waals surface area contributed by atoms with E-state index >= 15 is 0 Å². The summed E-state index contributed by atoms with van der Waals surface area (Å²) < 4.78 is 10.1. The highest BCUT2D eigenvalue weighted by Crippen LogP contribution is 2.32. The molecule has 4 nitrogen and oxygen atoms in total. The second-order valence-electron chi connectivity index (χ2n) is 3.40. The molecule has 1 aromatic heterocycles. The molecule has 0 amide bonds. The van der Waals surface area contributed by atoms with E-state index in [1.54, 1.807) is 18.4 Å². The van der Waals surface area contributed by atoms with E-state index in [9.17, 15) is 4.79 Å². The topological polar surface area (TPSA) is 51.5 Å². The lowest BCUT2D eigenvalue weighted by Crippen LogP contribution is -2.45. The minimum atomic E-state index is -0.752. The molecular weight excluding hydrogens is 182 g/mol. The van der Waals surface area contributed by atoms with E-state index < -0.39 is 5.54 Å². The summed E-state index contributed by atoms with van der Waals surface area (Å²) in [5.74, 6) is 0.367. The quantitative estimate of drug-likeness (QED) is 0.716. The molecule has 1 unspecified atom stereocenters. The van der Waals surface area contributed by atoms with Crippen LogP contribution in [0.3, 0.4) is 0 Å². The van der Waals surface area contributed by atoms with Crippen LogP contribution in [0.5, 0.6) is 0 Å². The fraction of sp³-hybridized carbons (Fsp3) is 0.500. The van der Waals surface area contributed by atoms with Gasteiger partial charge in [-0.25, -0.2) is 4.79 Å². The molecular formula is C10H13NO3.